The molecule has 0 aromatic rings. The van der Waals surface area contributed by atoms with E-state index in [4.69, 9.17) is 9.47 Å². The number of ether oxygens (including phenoxy) is 2. The molecule has 3 aliphatic rings. The largest absolute Gasteiger partial charge is 0.462 e. The van der Waals surface area contributed by atoms with Crippen molar-refractivity contribution in [2.24, 2.45) is 29.1 Å². The maximum atomic E-state index is 12.9. The van der Waals surface area contributed by atoms with E-state index in [1.54, 1.807) is 0 Å². The van der Waals surface area contributed by atoms with Crippen LogP contribution in [-0.2, 0) is 19.1 Å². The van der Waals surface area contributed by atoms with Crippen LogP contribution in [0.3, 0.4) is 0 Å². The molecule has 1 saturated heterocycles. The molecule has 2 aliphatic carbocycles. The average Bonchev–Trinajstić information content (AvgIpc) is 2.66. The van der Waals surface area contributed by atoms with Gasteiger partial charge in [0, 0.05) is 12.3 Å². The molecule has 0 spiro atoms. The first kappa shape index (κ1) is 26.4. The molecular weight excluding hydrogens is 405 g/mol. The summed E-state index contributed by atoms with van der Waals surface area (Å²) in [6.45, 7) is 10.3. The molecular formula is C25H40MgO5. The third-order valence-corrected chi connectivity index (χ3v) is 7.35. The van der Waals surface area contributed by atoms with Crippen molar-refractivity contribution in [3.63, 3.8) is 0 Å². The highest BCUT2D eigenvalue weighted by Crippen LogP contribution is 2.45. The summed E-state index contributed by atoms with van der Waals surface area (Å²) < 4.78 is 11.6. The predicted octanol–water partition coefficient (Wildman–Crippen LogP) is 3.67. The standard InChI is InChI=1S/C25H38O5.Mg.2H/c1-6-25(4,5)24(28)30-21-12-15(2)11-17-8-7-16(3)20(23(17)21)10-9-19-13-18(26)14-22(27)29-19;;;/h7-8,11,15-16,18-21,23,26H,6,9-10,12-14H2,1-5H3;;;/t15-,16-,18+,19-,20-,21-,23-;;;/m1.../s1. The van der Waals surface area contributed by atoms with Crippen LogP contribution < -0.4 is 0 Å². The van der Waals surface area contributed by atoms with Crippen LogP contribution in [0.1, 0.15) is 73.1 Å². The Morgan fingerprint density at radius 3 is 2.61 bits per heavy atom. The zero-order valence-electron chi connectivity index (χ0n) is 19.1. The Labute approximate surface area is 203 Å². The Balaban J connectivity index is 0.00000341. The van der Waals surface area contributed by atoms with Crippen molar-refractivity contribution in [3.05, 3.63) is 23.8 Å². The smallest absolute Gasteiger partial charge is 0.316 e. The second-order valence-electron chi connectivity index (χ2n) is 10.3. The van der Waals surface area contributed by atoms with Crippen molar-refractivity contribution in [3.8, 4) is 0 Å². The first-order chi connectivity index (χ1) is 14.1. The highest BCUT2D eigenvalue weighted by molar-refractivity contribution is 5.76. The van der Waals surface area contributed by atoms with E-state index in [1.807, 2.05) is 20.8 Å². The lowest BCUT2D eigenvalue weighted by atomic mass is 9.65. The quantitative estimate of drug-likeness (QED) is 0.500. The summed E-state index contributed by atoms with van der Waals surface area (Å²) in [6, 6.07) is 0. The number of esters is 2. The molecule has 1 fully saturated rings. The van der Waals surface area contributed by atoms with Crippen molar-refractivity contribution < 1.29 is 24.2 Å². The van der Waals surface area contributed by atoms with Crippen molar-refractivity contribution in [2.45, 2.75) is 91.5 Å². The molecule has 0 unspecified atom stereocenters. The summed E-state index contributed by atoms with van der Waals surface area (Å²) in [7, 11) is 0. The monoisotopic (exact) mass is 444 g/mol. The van der Waals surface area contributed by atoms with Crippen LogP contribution in [-0.4, -0.2) is 58.4 Å². The maximum absolute atomic E-state index is 12.9. The number of cyclic esters (lactones) is 1. The van der Waals surface area contributed by atoms with Gasteiger partial charge in [0.25, 0.3) is 0 Å². The minimum Gasteiger partial charge on any atom is -0.462 e. The lowest BCUT2D eigenvalue weighted by molar-refractivity contribution is -0.166. The lowest BCUT2D eigenvalue weighted by Crippen LogP contribution is -2.43. The molecule has 0 amide bonds. The van der Waals surface area contributed by atoms with E-state index in [9.17, 15) is 14.7 Å². The number of fused-ring (bicyclic) bond motifs is 1. The van der Waals surface area contributed by atoms with Crippen LogP contribution in [0.2, 0.25) is 0 Å². The van der Waals surface area contributed by atoms with Gasteiger partial charge in [-0.1, -0.05) is 39.0 Å². The van der Waals surface area contributed by atoms with Crippen LogP contribution in [0.25, 0.3) is 0 Å². The molecule has 0 saturated carbocycles. The van der Waals surface area contributed by atoms with E-state index in [0.717, 1.165) is 25.7 Å². The maximum Gasteiger partial charge on any atom is 0.316 e. The van der Waals surface area contributed by atoms with Crippen LogP contribution in [0.5, 0.6) is 0 Å². The molecule has 5 nitrogen and oxygen atoms in total. The zero-order chi connectivity index (χ0) is 22.1. The molecule has 0 aromatic heterocycles. The van der Waals surface area contributed by atoms with E-state index in [0.29, 0.717) is 24.2 Å². The molecule has 7 atom stereocenters. The topological polar surface area (TPSA) is 72.8 Å². The van der Waals surface area contributed by atoms with Crippen LogP contribution in [0.15, 0.2) is 23.8 Å². The number of carbonyl (C=O) groups excluding carboxylic acids is 2. The average molecular weight is 445 g/mol. The summed E-state index contributed by atoms with van der Waals surface area (Å²) >= 11 is 0. The predicted molar refractivity (Wildman–Crippen MR) is 124 cm³/mol. The van der Waals surface area contributed by atoms with E-state index < -0.39 is 11.5 Å². The fourth-order valence-corrected chi connectivity index (χ4v) is 5.08. The Morgan fingerprint density at radius 2 is 1.97 bits per heavy atom. The Morgan fingerprint density at radius 1 is 1.26 bits per heavy atom. The van der Waals surface area contributed by atoms with Gasteiger partial charge in [0.05, 0.1) is 17.9 Å². The summed E-state index contributed by atoms with van der Waals surface area (Å²) in [5.41, 5.74) is 0.785. The van der Waals surface area contributed by atoms with E-state index in [2.05, 4.69) is 32.1 Å². The SMILES string of the molecule is CCC(C)(C)C(=O)O[C@@H]1C[C@H](C)C=C2C=C[C@@H](C)[C@@H](CC[C@@H]3C[C@H](O)CC(=O)O3)[C@@H]21.[MgH2]. The first-order valence-electron chi connectivity index (χ1n) is 11.6. The summed E-state index contributed by atoms with van der Waals surface area (Å²) in [6.07, 6.45) is 9.61. The van der Waals surface area contributed by atoms with Gasteiger partial charge < -0.3 is 14.6 Å². The van der Waals surface area contributed by atoms with Gasteiger partial charge in [-0.25, -0.2) is 0 Å². The van der Waals surface area contributed by atoms with E-state index in [1.165, 1.54) is 5.57 Å². The van der Waals surface area contributed by atoms with E-state index in [-0.39, 0.29) is 59.5 Å². The lowest BCUT2D eigenvalue weighted by Gasteiger charge is -2.44. The van der Waals surface area contributed by atoms with Crippen molar-refractivity contribution in [2.75, 3.05) is 0 Å². The Hall–Kier alpha value is -0.854. The van der Waals surface area contributed by atoms with Gasteiger partial charge in [-0.05, 0) is 62.9 Å². The third kappa shape index (κ3) is 6.35. The molecule has 172 valence electrons. The Bertz CT molecular complexity index is 713. The second kappa shape index (κ2) is 10.8. The fourth-order valence-electron chi connectivity index (χ4n) is 5.08. The Kier molecular flexibility index (Phi) is 9.23. The van der Waals surface area contributed by atoms with Gasteiger partial charge in [0.2, 0.25) is 0 Å². The van der Waals surface area contributed by atoms with Gasteiger partial charge in [-0.2, -0.15) is 0 Å². The molecule has 3 rings (SSSR count). The number of hydrogen-bond donors (Lipinski definition) is 1. The zero-order valence-corrected chi connectivity index (χ0v) is 19.1. The first-order valence-corrected chi connectivity index (χ1v) is 11.6. The molecule has 0 radical (unpaired) electrons. The second-order valence-corrected chi connectivity index (χ2v) is 10.3. The van der Waals surface area contributed by atoms with Crippen LogP contribution >= 0.6 is 0 Å². The minimum atomic E-state index is -0.601. The number of aliphatic hydroxyl groups excluding tert-OH is 1. The summed E-state index contributed by atoms with van der Waals surface area (Å²) in [4.78, 5) is 24.6. The number of aliphatic hydroxyl groups is 1. The van der Waals surface area contributed by atoms with E-state index >= 15 is 0 Å². The number of rotatable bonds is 6. The number of hydrogen-bond acceptors (Lipinski definition) is 5. The highest BCUT2D eigenvalue weighted by atomic mass is 24.3. The number of allylic oxidation sites excluding steroid dienone is 3. The van der Waals surface area contributed by atoms with Gasteiger partial charge in [-0.15, -0.1) is 0 Å². The van der Waals surface area contributed by atoms with Crippen LogP contribution in [0.4, 0.5) is 0 Å². The molecule has 1 heterocycles. The fraction of sp³-hybridized carbons (Fsp3) is 0.760. The molecule has 0 bridgehead atoms. The third-order valence-electron chi connectivity index (χ3n) is 7.35. The van der Waals surface area contributed by atoms with Crippen LogP contribution in [0, 0.1) is 29.1 Å². The molecule has 1 aliphatic heterocycles. The summed E-state index contributed by atoms with van der Waals surface area (Å²) in [5, 5.41) is 9.92. The van der Waals surface area contributed by atoms with Crippen molar-refractivity contribution >= 4 is 35.0 Å². The van der Waals surface area contributed by atoms with Gasteiger partial charge in [0.1, 0.15) is 12.2 Å². The normalized spacial score (nSPS) is 35.4. The van der Waals surface area contributed by atoms with Gasteiger partial charge in [-0.3, -0.25) is 9.59 Å². The van der Waals surface area contributed by atoms with Gasteiger partial charge in [0.15, 0.2) is 0 Å². The molecule has 1 N–H and O–H groups in total. The van der Waals surface area contributed by atoms with Crippen molar-refractivity contribution in [1.82, 2.24) is 0 Å². The number of carbonyl (C=O) groups is 2. The highest BCUT2D eigenvalue weighted by Gasteiger charge is 2.43. The molecule has 0 aromatic carbocycles. The van der Waals surface area contributed by atoms with Crippen molar-refractivity contribution in [1.29, 1.82) is 0 Å². The molecule has 6 heteroatoms. The van der Waals surface area contributed by atoms with Gasteiger partial charge >= 0.3 is 35.0 Å². The summed E-state index contributed by atoms with van der Waals surface area (Å²) in [5.74, 6) is 0.776. The minimum absolute atomic E-state index is 0. The molecule has 31 heavy (non-hydrogen) atoms.